The number of ether oxygens (including phenoxy) is 2. The van der Waals surface area contributed by atoms with Crippen molar-refractivity contribution in [1.29, 1.82) is 10.5 Å². The first-order chi connectivity index (χ1) is 18.1. The van der Waals surface area contributed by atoms with E-state index in [2.05, 4.69) is 21.4 Å². The van der Waals surface area contributed by atoms with Crippen LogP contribution in [-0.4, -0.2) is 21.6 Å². The number of nitriles is 2. The molecular weight excluding hydrogens is 468 g/mol. The third-order valence-corrected chi connectivity index (χ3v) is 6.13. The van der Waals surface area contributed by atoms with Crippen molar-refractivity contribution in [2.45, 2.75) is 26.1 Å². The van der Waals surface area contributed by atoms with Crippen LogP contribution in [0.5, 0.6) is 17.2 Å². The van der Waals surface area contributed by atoms with Crippen molar-refractivity contribution in [3.8, 4) is 40.6 Å². The topological polar surface area (TPSA) is 126 Å². The predicted molar refractivity (Wildman–Crippen MR) is 135 cm³/mol. The number of aryl methyl sites for hydroxylation is 1. The van der Waals surface area contributed by atoms with Crippen LogP contribution in [0.25, 0.3) is 11.3 Å². The number of methoxy groups -OCH3 is 1. The minimum absolute atomic E-state index is 0.265. The fraction of sp³-hybridized carbons (Fsp3) is 0.179. The molecule has 0 fully saturated rings. The van der Waals surface area contributed by atoms with Crippen LogP contribution in [0.3, 0.4) is 0 Å². The summed E-state index contributed by atoms with van der Waals surface area (Å²) in [5.74, 6) is 1.56. The minimum atomic E-state index is -0.265. The second kappa shape index (κ2) is 10.3. The predicted octanol–water partition coefficient (Wildman–Crippen LogP) is 3.70. The van der Waals surface area contributed by atoms with Crippen LogP contribution in [0.2, 0.25) is 0 Å². The lowest BCUT2D eigenvalue weighted by Gasteiger charge is -2.22. The second-order valence-electron chi connectivity index (χ2n) is 8.51. The maximum Gasteiger partial charge on any atom is 0.348 e. The molecule has 182 valence electrons. The van der Waals surface area contributed by atoms with Gasteiger partial charge in [-0.05, 0) is 53.9 Å². The van der Waals surface area contributed by atoms with Gasteiger partial charge in [-0.15, -0.1) is 0 Å². The van der Waals surface area contributed by atoms with Crippen LogP contribution < -0.4 is 20.5 Å². The number of aromatic nitrogens is 3. The number of fused-ring (bicyclic) bond motifs is 3. The van der Waals surface area contributed by atoms with E-state index >= 15 is 0 Å². The van der Waals surface area contributed by atoms with Crippen LogP contribution in [0.15, 0.2) is 65.7 Å². The van der Waals surface area contributed by atoms with Gasteiger partial charge in [-0.25, -0.2) is 4.79 Å². The Morgan fingerprint density at radius 2 is 1.92 bits per heavy atom. The van der Waals surface area contributed by atoms with Gasteiger partial charge < -0.3 is 14.8 Å². The molecule has 0 amide bonds. The maximum absolute atomic E-state index is 12.7. The molecule has 0 bridgehead atoms. The maximum atomic E-state index is 12.7. The lowest BCUT2D eigenvalue weighted by atomic mass is 9.97. The van der Waals surface area contributed by atoms with Crippen molar-refractivity contribution < 1.29 is 9.47 Å². The molecule has 1 aliphatic rings. The fourth-order valence-corrected chi connectivity index (χ4v) is 4.33. The summed E-state index contributed by atoms with van der Waals surface area (Å²) in [6.07, 6.45) is 3.68. The molecule has 9 nitrogen and oxygen atoms in total. The first-order valence-corrected chi connectivity index (χ1v) is 11.6. The first kappa shape index (κ1) is 23.7. The molecule has 3 heterocycles. The Balaban J connectivity index is 1.29. The standard InChI is InChI=1S/C28H22N6O3/c1-36-23-3-4-25-20(10-23)6-7-34-26(25)11-22(33-28(34)35)16-31-14-18-2-5-27(21(8-18)13-30)37-24-9-19(12-29)15-32-17-24/h2-5,8-11,15,17,31H,6-7,14,16H2,1H3. The van der Waals surface area contributed by atoms with E-state index in [1.807, 2.05) is 36.4 Å². The summed E-state index contributed by atoms with van der Waals surface area (Å²) >= 11 is 0. The average Bonchev–Trinajstić information content (AvgIpc) is 2.93. The van der Waals surface area contributed by atoms with Gasteiger partial charge in [0.15, 0.2) is 0 Å². The lowest BCUT2D eigenvalue weighted by molar-refractivity contribution is 0.414. The van der Waals surface area contributed by atoms with Crippen LogP contribution in [0.4, 0.5) is 0 Å². The zero-order chi connectivity index (χ0) is 25.8. The number of hydrogen-bond acceptors (Lipinski definition) is 8. The summed E-state index contributed by atoms with van der Waals surface area (Å²) < 4.78 is 12.8. The first-order valence-electron chi connectivity index (χ1n) is 11.6. The summed E-state index contributed by atoms with van der Waals surface area (Å²) in [7, 11) is 1.64. The number of rotatable bonds is 7. The molecule has 4 aromatic rings. The van der Waals surface area contributed by atoms with Crippen LogP contribution >= 0.6 is 0 Å². The molecule has 0 unspecified atom stereocenters. The molecule has 0 saturated heterocycles. The monoisotopic (exact) mass is 490 g/mol. The molecule has 0 atom stereocenters. The zero-order valence-corrected chi connectivity index (χ0v) is 20.1. The molecule has 2 aromatic heterocycles. The molecule has 5 rings (SSSR count). The van der Waals surface area contributed by atoms with Gasteiger partial charge in [0.1, 0.15) is 29.4 Å². The van der Waals surface area contributed by atoms with Crippen molar-refractivity contribution in [3.05, 3.63) is 99.4 Å². The molecule has 0 spiro atoms. The van der Waals surface area contributed by atoms with E-state index in [0.29, 0.717) is 48.0 Å². The third kappa shape index (κ3) is 5.03. The molecule has 2 aromatic carbocycles. The van der Waals surface area contributed by atoms with E-state index in [4.69, 9.17) is 14.7 Å². The molecule has 0 saturated carbocycles. The summed E-state index contributed by atoms with van der Waals surface area (Å²) in [4.78, 5) is 20.9. The number of benzene rings is 2. The highest BCUT2D eigenvalue weighted by atomic mass is 16.5. The van der Waals surface area contributed by atoms with Crippen molar-refractivity contribution in [1.82, 2.24) is 19.9 Å². The van der Waals surface area contributed by atoms with Crippen LogP contribution in [-0.2, 0) is 26.1 Å². The number of pyridine rings is 1. The van der Waals surface area contributed by atoms with E-state index in [-0.39, 0.29) is 5.69 Å². The molecule has 37 heavy (non-hydrogen) atoms. The van der Waals surface area contributed by atoms with E-state index < -0.39 is 0 Å². The molecule has 9 heteroatoms. The quantitative estimate of drug-likeness (QED) is 0.416. The Labute approximate surface area is 213 Å². The Morgan fingerprint density at radius 1 is 1.03 bits per heavy atom. The van der Waals surface area contributed by atoms with Gasteiger partial charge in [-0.3, -0.25) is 9.55 Å². The van der Waals surface area contributed by atoms with E-state index in [1.54, 1.807) is 29.9 Å². The molecule has 0 aliphatic carbocycles. The summed E-state index contributed by atoms with van der Waals surface area (Å²) in [5.41, 5.74) is 4.99. The molecule has 0 radical (unpaired) electrons. The van der Waals surface area contributed by atoms with E-state index in [9.17, 15) is 10.1 Å². The highest BCUT2D eigenvalue weighted by Crippen LogP contribution is 2.31. The largest absolute Gasteiger partial charge is 0.497 e. The van der Waals surface area contributed by atoms with Crippen molar-refractivity contribution in [3.63, 3.8) is 0 Å². The molecular formula is C28H22N6O3. The van der Waals surface area contributed by atoms with E-state index in [0.717, 1.165) is 34.6 Å². The Morgan fingerprint density at radius 3 is 2.73 bits per heavy atom. The summed E-state index contributed by atoms with van der Waals surface area (Å²) in [6.45, 7) is 1.44. The zero-order valence-electron chi connectivity index (χ0n) is 20.1. The number of nitrogens with one attached hydrogen (secondary N) is 1. The number of hydrogen-bond donors (Lipinski definition) is 1. The third-order valence-electron chi connectivity index (χ3n) is 6.13. The van der Waals surface area contributed by atoms with Gasteiger partial charge in [-0.1, -0.05) is 6.07 Å². The van der Waals surface area contributed by atoms with Crippen molar-refractivity contribution in [2.75, 3.05) is 7.11 Å². The molecule has 1 aliphatic heterocycles. The SMILES string of the molecule is COc1ccc2c(c1)CCn1c-2cc(CNCc2ccc(Oc3cncc(C#N)c3)c(C#N)c2)nc1=O. The van der Waals surface area contributed by atoms with Gasteiger partial charge in [0.2, 0.25) is 0 Å². The average molecular weight is 491 g/mol. The van der Waals surface area contributed by atoms with Crippen molar-refractivity contribution in [2.24, 2.45) is 0 Å². The highest BCUT2D eigenvalue weighted by molar-refractivity contribution is 5.67. The Bertz CT molecular complexity index is 1630. The highest BCUT2D eigenvalue weighted by Gasteiger charge is 2.19. The Kier molecular flexibility index (Phi) is 6.62. The fourth-order valence-electron chi connectivity index (χ4n) is 4.33. The smallest absolute Gasteiger partial charge is 0.348 e. The second-order valence-corrected chi connectivity index (χ2v) is 8.51. The van der Waals surface area contributed by atoms with Crippen molar-refractivity contribution >= 4 is 0 Å². The van der Waals surface area contributed by atoms with Crippen LogP contribution in [0, 0.1) is 22.7 Å². The van der Waals surface area contributed by atoms with Gasteiger partial charge in [0.25, 0.3) is 0 Å². The van der Waals surface area contributed by atoms with Gasteiger partial charge in [0, 0.05) is 37.5 Å². The normalized spacial score (nSPS) is 11.5. The summed E-state index contributed by atoms with van der Waals surface area (Å²) in [5, 5.41) is 21.9. The molecule has 1 N–H and O–H groups in total. The lowest BCUT2D eigenvalue weighted by Crippen LogP contribution is -2.30. The van der Waals surface area contributed by atoms with Gasteiger partial charge in [0.05, 0.1) is 35.8 Å². The van der Waals surface area contributed by atoms with Gasteiger partial charge in [-0.2, -0.15) is 15.5 Å². The minimum Gasteiger partial charge on any atom is -0.497 e. The van der Waals surface area contributed by atoms with Gasteiger partial charge >= 0.3 is 5.69 Å². The Hall–Kier alpha value is -4.99. The van der Waals surface area contributed by atoms with Crippen LogP contribution in [0.1, 0.15) is 27.9 Å². The van der Waals surface area contributed by atoms with E-state index in [1.165, 1.54) is 12.4 Å². The summed E-state index contributed by atoms with van der Waals surface area (Å²) in [6, 6.07) is 18.9. The number of nitrogens with zero attached hydrogens (tertiary/aromatic N) is 5.